The van der Waals surface area contributed by atoms with E-state index >= 15 is 0 Å². The first-order valence-electron chi connectivity index (χ1n) is 8.62. The molecule has 0 atom stereocenters. The maximum atomic E-state index is 12.4. The van der Waals surface area contributed by atoms with E-state index in [0.29, 0.717) is 35.3 Å². The monoisotopic (exact) mass is 426 g/mol. The summed E-state index contributed by atoms with van der Waals surface area (Å²) in [5, 5.41) is 2.35. The Morgan fingerprint density at radius 2 is 1.96 bits per heavy atom. The second-order valence-corrected chi connectivity index (χ2v) is 10.3. The van der Waals surface area contributed by atoms with Crippen molar-refractivity contribution < 1.29 is 13.2 Å². The summed E-state index contributed by atoms with van der Waals surface area (Å²) in [4.78, 5) is 22.9. The normalized spacial score (nSPS) is 15.9. The van der Waals surface area contributed by atoms with Crippen LogP contribution in [0, 0.1) is 13.8 Å². The van der Waals surface area contributed by atoms with Gasteiger partial charge in [0.25, 0.3) is 0 Å². The molecule has 3 heterocycles. The molecule has 2 aromatic rings. The predicted octanol–water partition coefficient (Wildman–Crippen LogP) is 2.22. The molecule has 0 spiro atoms. The molecular weight excluding hydrogens is 404 g/mol. The van der Waals surface area contributed by atoms with Crippen LogP contribution in [0.3, 0.4) is 0 Å². The predicted molar refractivity (Wildman–Crippen MR) is 106 cm³/mol. The van der Waals surface area contributed by atoms with Gasteiger partial charge in [0.05, 0.1) is 5.75 Å². The molecule has 146 valence electrons. The van der Waals surface area contributed by atoms with Crippen molar-refractivity contribution in [3.63, 3.8) is 0 Å². The Bertz CT molecular complexity index is 872. The van der Waals surface area contributed by atoms with Crippen LogP contribution in [0.2, 0.25) is 0 Å². The van der Waals surface area contributed by atoms with Gasteiger partial charge in [0.2, 0.25) is 15.9 Å². The van der Waals surface area contributed by atoms with Gasteiger partial charge < -0.3 is 4.90 Å². The first kappa shape index (κ1) is 20.2. The minimum absolute atomic E-state index is 0.0299. The van der Waals surface area contributed by atoms with Crippen molar-refractivity contribution >= 4 is 39.0 Å². The number of carbonyl (C=O) groups is 1. The van der Waals surface area contributed by atoms with E-state index in [0.717, 1.165) is 11.4 Å². The summed E-state index contributed by atoms with van der Waals surface area (Å²) in [6.45, 7) is 4.90. The van der Waals surface area contributed by atoms with Gasteiger partial charge in [-0.25, -0.2) is 23.1 Å². The lowest BCUT2D eigenvalue weighted by molar-refractivity contribution is -0.129. The molecule has 1 aliphatic rings. The molecule has 0 bridgehead atoms. The van der Waals surface area contributed by atoms with Gasteiger partial charge in [-0.05, 0) is 44.2 Å². The third-order valence-corrected chi connectivity index (χ3v) is 7.97. The highest BCUT2D eigenvalue weighted by atomic mass is 32.2. The van der Waals surface area contributed by atoms with Gasteiger partial charge in [-0.3, -0.25) is 4.79 Å². The SMILES string of the molecule is Cc1cc(C)nc(SCC(=O)N2CCC(NS(=O)(=O)c3cccs3)CC2)n1. The molecule has 10 heteroatoms. The molecule has 1 amide bonds. The van der Waals surface area contributed by atoms with Crippen molar-refractivity contribution in [2.24, 2.45) is 0 Å². The Balaban J connectivity index is 1.48. The summed E-state index contributed by atoms with van der Waals surface area (Å²) in [5.74, 6) is 0.316. The Labute approximate surface area is 167 Å². The van der Waals surface area contributed by atoms with Crippen LogP contribution in [0.15, 0.2) is 32.9 Å². The summed E-state index contributed by atoms with van der Waals surface area (Å²) < 4.78 is 27.7. The van der Waals surface area contributed by atoms with Gasteiger partial charge in [0, 0.05) is 30.5 Å². The zero-order chi connectivity index (χ0) is 19.4. The van der Waals surface area contributed by atoms with Crippen molar-refractivity contribution in [2.75, 3.05) is 18.8 Å². The van der Waals surface area contributed by atoms with E-state index < -0.39 is 10.0 Å². The van der Waals surface area contributed by atoms with Crippen LogP contribution in [-0.2, 0) is 14.8 Å². The fourth-order valence-electron chi connectivity index (χ4n) is 2.92. The van der Waals surface area contributed by atoms with Crippen LogP contribution in [0.25, 0.3) is 0 Å². The molecule has 1 fully saturated rings. The number of thioether (sulfide) groups is 1. The molecular formula is C17H22N4O3S3. The standard InChI is InChI=1S/C17H22N4O3S3/c1-12-10-13(2)19-17(18-12)26-11-15(22)21-7-5-14(6-8-21)20-27(23,24)16-4-3-9-25-16/h3-4,9-10,14,20H,5-8,11H2,1-2H3. The van der Waals surface area contributed by atoms with Crippen LogP contribution in [0.1, 0.15) is 24.2 Å². The van der Waals surface area contributed by atoms with Gasteiger partial charge in [-0.15, -0.1) is 11.3 Å². The highest BCUT2D eigenvalue weighted by Crippen LogP contribution is 2.20. The molecule has 7 nitrogen and oxygen atoms in total. The van der Waals surface area contributed by atoms with E-state index in [1.165, 1.54) is 23.1 Å². The fourth-order valence-corrected chi connectivity index (χ4v) is 6.08. The Morgan fingerprint density at radius 1 is 1.30 bits per heavy atom. The largest absolute Gasteiger partial charge is 0.342 e. The second-order valence-electron chi connectivity index (χ2n) is 6.43. The lowest BCUT2D eigenvalue weighted by Gasteiger charge is -2.32. The molecule has 0 aromatic carbocycles. The number of hydrogen-bond acceptors (Lipinski definition) is 7. The number of nitrogens with one attached hydrogen (secondary N) is 1. The summed E-state index contributed by atoms with van der Waals surface area (Å²) in [5.41, 5.74) is 1.77. The van der Waals surface area contributed by atoms with Gasteiger partial charge in [0.1, 0.15) is 4.21 Å². The fraction of sp³-hybridized carbons (Fsp3) is 0.471. The van der Waals surface area contributed by atoms with Crippen molar-refractivity contribution in [1.29, 1.82) is 0 Å². The van der Waals surface area contributed by atoms with Crippen LogP contribution in [0.5, 0.6) is 0 Å². The van der Waals surface area contributed by atoms with Crippen molar-refractivity contribution in [3.8, 4) is 0 Å². The number of hydrogen-bond donors (Lipinski definition) is 1. The molecule has 2 aromatic heterocycles. The van der Waals surface area contributed by atoms with Crippen molar-refractivity contribution in [2.45, 2.75) is 42.1 Å². The smallest absolute Gasteiger partial charge is 0.250 e. The number of aromatic nitrogens is 2. The quantitative estimate of drug-likeness (QED) is 0.562. The maximum Gasteiger partial charge on any atom is 0.250 e. The minimum atomic E-state index is -3.46. The molecule has 1 aliphatic heterocycles. The van der Waals surface area contributed by atoms with E-state index in [-0.39, 0.29) is 17.7 Å². The minimum Gasteiger partial charge on any atom is -0.342 e. The number of carbonyl (C=O) groups excluding carboxylic acids is 1. The number of piperidine rings is 1. The van der Waals surface area contributed by atoms with Crippen LogP contribution in [-0.4, -0.2) is 54.1 Å². The van der Waals surface area contributed by atoms with Gasteiger partial charge in [-0.2, -0.15) is 0 Å². The topological polar surface area (TPSA) is 92.3 Å². The third-order valence-electron chi connectivity index (χ3n) is 4.22. The molecule has 27 heavy (non-hydrogen) atoms. The lowest BCUT2D eigenvalue weighted by Crippen LogP contribution is -2.46. The summed E-state index contributed by atoms with van der Waals surface area (Å²) in [6, 6.07) is 5.07. The average Bonchev–Trinajstić information content (AvgIpc) is 3.15. The van der Waals surface area contributed by atoms with Crippen molar-refractivity contribution in [1.82, 2.24) is 19.6 Å². The van der Waals surface area contributed by atoms with E-state index in [4.69, 9.17) is 0 Å². The second kappa shape index (κ2) is 8.68. The summed E-state index contributed by atoms with van der Waals surface area (Å²) in [7, 11) is -3.46. The van der Waals surface area contributed by atoms with E-state index in [1.807, 2.05) is 19.9 Å². The van der Waals surface area contributed by atoms with Crippen LogP contribution < -0.4 is 4.72 Å². The lowest BCUT2D eigenvalue weighted by atomic mass is 10.1. The number of aryl methyl sites for hydroxylation is 2. The molecule has 0 radical (unpaired) electrons. The van der Waals surface area contributed by atoms with E-state index in [1.54, 1.807) is 22.4 Å². The number of nitrogens with zero attached hydrogens (tertiary/aromatic N) is 3. The van der Waals surface area contributed by atoms with Gasteiger partial charge >= 0.3 is 0 Å². The number of rotatable bonds is 6. The Kier molecular flexibility index (Phi) is 6.51. The number of likely N-dealkylation sites (tertiary alicyclic amines) is 1. The Morgan fingerprint density at radius 3 is 2.56 bits per heavy atom. The zero-order valence-electron chi connectivity index (χ0n) is 15.2. The molecule has 3 rings (SSSR count). The highest BCUT2D eigenvalue weighted by Gasteiger charge is 2.27. The Hall–Kier alpha value is -1.49. The first-order valence-corrected chi connectivity index (χ1v) is 12.0. The molecule has 0 unspecified atom stereocenters. The van der Waals surface area contributed by atoms with Crippen LogP contribution in [0.4, 0.5) is 0 Å². The third kappa shape index (κ3) is 5.50. The molecule has 0 aliphatic carbocycles. The molecule has 1 saturated heterocycles. The highest BCUT2D eigenvalue weighted by molar-refractivity contribution is 7.99. The van der Waals surface area contributed by atoms with Gasteiger partial charge in [-0.1, -0.05) is 17.8 Å². The molecule has 1 N–H and O–H groups in total. The summed E-state index contributed by atoms with van der Waals surface area (Å²) in [6.07, 6.45) is 1.22. The molecule has 0 saturated carbocycles. The summed E-state index contributed by atoms with van der Waals surface area (Å²) >= 11 is 2.54. The number of sulfonamides is 1. The van der Waals surface area contributed by atoms with Crippen molar-refractivity contribution in [3.05, 3.63) is 35.0 Å². The number of amides is 1. The zero-order valence-corrected chi connectivity index (χ0v) is 17.7. The first-order chi connectivity index (χ1) is 12.8. The van der Waals surface area contributed by atoms with Gasteiger partial charge in [0.15, 0.2) is 5.16 Å². The van der Waals surface area contributed by atoms with E-state index in [9.17, 15) is 13.2 Å². The number of thiophene rings is 1. The average molecular weight is 427 g/mol. The maximum absolute atomic E-state index is 12.4. The van der Waals surface area contributed by atoms with Crippen LogP contribution >= 0.6 is 23.1 Å². The van der Waals surface area contributed by atoms with E-state index in [2.05, 4.69) is 14.7 Å².